The highest BCUT2D eigenvalue weighted by Gasteiger charge is 2.50. The molecule has 0 saturated heterocycles. The van der Waals surface area contributed by atoms with E-state index in [9.17, 15) is 4.79 Å². The van der Waals surface area contributed by atoms with Crippen LogP contribution < -0.4 is 0 Å². The van der Waals surface area contributed by atoms with Gasteiger partial charge in [-0.2, -0.15) is 0 Å². The fourth-order valence-corrected chi connectivity index (χ4v) is 8.54. The quantitative estimate of drug-likeness (QED) is 0.256. The smallest absolute Gasteiger partial charge is 0.256 e. The van der Waals surface area contributed by atoms with Gasteiger partial charge < -0.3 is 14.8 Å². The highest BCUT2D eigenvalue weighted by atomic mass is 32.1. The summed E-state index contributed by atoms with van der Waals surface area (Å²) >= 11 is 1.68. The Bertz CT molecular complexity index is 1640. The van der Waals surface area contributed by atoms with Crippen molar-refractivity contribution in [3.63, 3.8) is 0 Å². The van der Waals surface area contributed by atoms with Crippen molar-refractivity contribution in [3.05, 3.63) is 107 Å². The SMILES string of the molecule is CN(C)C(c1ccccc1)C1CCC2(CC1)c1[nH]c3ccccc3c1CCN2C(=O)c1csc2ccccc12. The number of amides is 1. The number of hydrogen-bond acceptors (Lipinski definition) is 3. The number of nitrogens with zero attached hydrogens (tertiary/aromatic N) is 2. The number of thiophene rings is 1. The molecule has 5 heteroatoms. The van der Waals surface area contributed by atoms with Crippen LogP contribution in [0.25, 0.3) is 21.0 Å². The van der Waals surface area contributed by atoms with Gasteiger partial charge in [0, 0.05) is 44.6 Å². The molecule has 4 nitrogen and oxygen atoms in total. The van der Waals surface area contributed by atoms with Gasteiger partial charge in [-0.1, -0.05) is 66.7 Å². The van der Waals surface area contributed by atoms with Gasteiger partial charge in [-0.25, -0.2) is 0 Å². The zero-order chi connectivity index (χ0) is 26.6. The Balaban J connectivity index is 1.30. The second kappa shape index (κ2) is 9.65. The molecule has 3 aromatic carbocycles. The van der Waals surface area contributed by atoms with E-state index in [1.807, 2.05) is 6.07 Å². The molecule has 2 aromatic heterocycles. The van der Waals surface area contributed by atoms with E-state index in [0.29, 0.717) is 12.0 Å². The number of H-pyrrole nitrogens is 1. The molecule has 0 bridgehead atoms. The van der Waals surface area contributed by atoms with Crippen molar-refractivity contribution in [2.24, 2.45) is 5.92 Å². The molecule has 7 rings (SSSR count). The number of rotatable bonds is 4. The third-order valence-corrected chi connectivity index (χ3v) is 10.3. The van der Waals surface area contributed by atoms with Gasteiger partial charge in [-0.05, 0) is 75.4 Å². The number of hydrogen-bond donors (Lipinski definition) is 1. The maximum atomic E-state index is 14.4. The molecule has 1 fully saturated rings. The van der Waals surface area contributed by atoms with Crippen LogP contribution in [0.4, 0.5) is 0 Å². The lowest BCUT2D eigenvalue weighted by Crippen LogP contribution is -2.55. The molecule has 0 radical (unpaired) electrons. The maximum absolute atomic E-state index is 14.4. The van der Waals surface area contributed by atoms with Crippen LogP contribution in [0, 0.1) is 5.92 Å². The number of aromatic nitrogens is 1. The maximum Gasteiger partial charge on any atom is 0.256 e. The van der Waals surface area contributed by atoms with E-state index in [-0.39, 0.29) is 11.4 Å². The first-order valence-electron chi connectivity index (χ1n) is 14.2. The summed E-state index contributed by atoms with van der Waals surface area (Å²) in [5, 5.41) is 4.47. The number of nitrogens with one attached hydrogen (secondary N) is 1. The van der Waals surface area contributed by atoms with E-state index >= 15 is 0 Å². The Morgan fingerprint density at radius 2 is 1.64 bits per heavy atom. The lowest BCUT2D eigenvalue weighted by Gasteiger charge is -2.52. The van der Waals surface area contributed by atoms with E-state index < -0.39 is 0 Å². The molecule has 1 aliphatic carbocycles. The molecule has 1 unspecified atom stereocenters. The van der Waals surface area contributed by atoms with E-state index in [1.54, 1.807) is 11.3 Å². The molecular weight excluding hydrogens is 498 g/mol. The molecule has 1 spiro atoms. The van der Waals surface area contributed by atoms with Crippen LogP contribution in [0.2, 0.25) is 0 Å². The minimum absolute atomic E-state index is 0.183. The summed E-state index contributed by atoms with van der Waals surface area (Å²) in [6.45, 7) is 0.762. The van der Waals surface area contributed by atoms with Crippen molar-refractivity contribution >= 4 is 38.2 Å². The molecule has 1 saturated carbocycles. The molecular formula is C34H35N3OS. The lowest BCUT2D eigenvalue weighted by molar-refractivity contribution is 0.00932. The van der Waals surface area contributed by atoms with Crippen molar-refractivity contribution in [2.45, 2.75) is 43.7 Å². The Morgan fingerprint density at radius 3 is 2.41 bits per heavy atom. The largest absolute Gasteiger partial charge is 0.356 e. The molecule has 1 amide bonds. The summed E-state index contributed by atoms with van der Waals surface area (Å²) in [7, 11) is 4.41. The Kier molecular flexibility index (Phi) is 6.09. The van der Waals surface area contributed by atoms with E-state index in [4.69, 9.17) is 0 Å². The molecule has 3 heterocycles. The summed E-state index contributed by atoms with van der Waals surface area (Å²) < 4.78 is 1.18. The molecule has 2 aliphatic rings. The van der Waals surface area contributed by atoms with E-state index in [2.05, 4.69) is 107 Å². The first kappa shape index (κ1) is 24.6. The summed E-state index contributed by atoms with van der Waals surface area (Å²) in [6.07, 6.45) is 5.01. The van der Waals surface area contributed by atoms with Gasteiger partial charge >= 0.3 is 0 Å². The predicted octanol–water partition coefficient (Wildman–Crippen LogP) is 7.77. The fraction of sp³-hybridized carbons (Fsp3) is 0.324. The van der Waals surface area contributed by atoms with Gasteiger partial charge in [0.05, 0.1) is 11.1 Å². The van der Waals surface area contributed by atoms with Crippen molar-refractivity contribution < 1.29 is 4.79 Å². The molecule has 198 valence electrons. The summed E-state index contributed by atoms with van der Waals surface area (Å²) in [5.41, 5.74) is 5.81. The van der Waals surface area contributed by atoms with Crippen molar-refractivity contribution in [2.75, 3.05) is 20.6 Å². The normalized spacial score (nSPS) is 22.0. The summed E-state index contributed by atoms with van der Waals surface area (Å²) in [4.78, 5) is 22.9. The first-order valence-corrected chi connectivity index (χ1v) is 15.0. The summed E-state index contributed by atoms with van der Waals surface area (Å²) in [6, 6.07) is 28.3. The van der Waals surface area contributed by atoms with Crippen LogP contribution in [-0.4, -0.2) is 41.3 Å². The van der Waals surface area contributed by atoms with Crippen molar-refractivity contribution in [1.82, 2.24) is 14.8 Å². The highest BCUT2D eigenvalue weighted by Crippen LogP contribution is 2.52. The minimum Gasteiger partial charge on any atom is -0.356 e. The van der Waals surface area contributed by atoms with Crippen LogP contribution in [-0.2, 0) is 12.0 Å². The van der Waals surface area contributed by atoms with Crippen LogP contribution in [0.1, 0.15) is 58.9 Å². The van der Waals surface area contributed by atoms with Gasteiger partial charge in [0.15, 0.2) is 0 Å². The Morgan fingerprint density at radius 1 is 0.949 bits per heavy atom. The van der Waals surface area contributed by atoms with Crippen LogP contribution in [0.3, 0.4) is 0 Å². The molecule has 39 heavy (non-hydrogen) atoms. The number of fused-ring (bicyclic) bond motifs is 5. The third kappa shape index (κ3) is 3.94. The zero-order valence-corrected chi connectivity index (χ0v) is 23.5. The van der Waals surface area contributed by atoms with Crippen molar-refractivity contribution in [3.8, 4) is 0 Å². The predicted molar refractivity (Wildman–Crippen MR) is 161 cm³/mol. The van der Waals surface area contributed by atoms with Crippen molar-refractivity contribution in [1.29, 1.82) is 0 Å². The molecule has 1 aliphatic heterocycles. The van der Waals surface area contributed by atoms with Gasteiger partial charge in [-0.3, -0.25) is 4.79 Å². The first-order chi connectivity index (χ1) is 19.1. The molecule has 1 atom stereocenters. The lowest BCUT2D eigenvalue weighted by atomic mass is 9.68. The van der Waals surface area contributed by atoms with E-state index in [1.165, 1.54) is 32.4 Å². The molecule has 5 aromatic rings. The Labute approximate surface area is 234 Å². The molecule has 1 N–H and O–H groups in total. The number of carbonyl (C=O) groups excluding carboxylic acids is 1. The number of aromatic amines is 1. The summed E-state index contributed by atoms with van der Waals surface area (Å²) in [5.74, 6) is 0.726. The third-order valence-electron chi connectivity index (χ3n) is 9.34. The van der Waals surface area contributed by atoms with Crippen LogP contribution in [0.15, 0.2) is 84.2 Å². The van der Waals surface area contributed by atoms with Gasteiger partial charge in [0.25, 0.3) is 5.91 Å². The fourth-order valence-electron chi connectivity index (χ4n) is 7.61. The number of para-hydroxylation sites is 1. The average Bonchev–Trinajstić information content (AvgIpc) is 3.57. The second-order valence-corrected chi connectivity index (χ2v) is 12.5. The average molecular weight is 534 g/mol. The van der Waals surface area contributed by atoms with Gasteiger partial charge in [-0.15, -0.1) is 11.3 Å². The Hall–Kier alpha value is -3.41. The number of carbonyl (C=O) groups is 1. The van der Waals surface area contributed by atoms with Gasteiger partial charge in [0.2, 0.25) is 0 Å². The van der Waals surface area contributed by atoms with E-state index in [0.717, 1.165) is 49.6 Å². The van der Waals surface area contributed by atoms with Crippen LogP contribution >= 0.6 is 11.3 Å². The van der Waals surface area contributed by atoms with Crippen LogP contribution in [0.5, 0.6) is 0 Å². The van der Waals surface area contributed by atoms with Gasteiger partial charge in [0.1, 0.15) is 0 Å². The monoisotopic (exact) mass is 533 g/mol. The number of benzene rings is 3. The standard InChI is InChI=1S/C34H35N3OS/c1-36(2)31(23-10-4-3-5-11-23)24-16-19-34(20-17-24)32-27(25-12-6-8-14-29(25)35-32)18-21-37(34)33(38)28-22-39-30-15-9-7-13-26(28)30/h3-15,22,24,31,35H,16-21H2,1-2H3. The minimum atomic E-state index is -0.309. The zero-order valence-electron chi connectivity index (χ0n) is 22.7. The second-order valence-electron chi connectivity index (χ2n) is 11.6. The highest BCUT2D eigenvalue weighted by molar-refractivity contribution is 7.17. The topological polar surface area (TPSA) is 39.3 Å².